The minimum absolute atomic E-state index is 0.0406. The molecular weight excluding hydrogens is 372 g/mol. The first kappa shape index (κ1) is 18.3. The number of carbonyl (C=O) groups excluding carboxylic acids is 2. The van der Waals surface area contributed by atoms with Crippen LogP contribution in [-0.2, 0) is 11.3 Å². The molecule has 0 radical (unpaired) electrons. The van der Waals surface area contributed by atoms with Gasteiger partial charge in [-0.25, -0.2) is 4.79 Å². The summed E-state index contributed by atoms with van der Waals surface area (Å²) in [5.74, 6) is -0.145. The molecule has 0 aliphatic heterocycles. The molecule has 0 fully saturated rings. The first-order valence-corrected chi connectivity index (χ1v) is 8.53. The third-order valence-electron chi connectivity index (χ3n) is 3.21. The number of rotatable bonds is 6. The van der Waals surface area contributed by atoms with Crippen molar-refractivity contribution in [3.05, 3.63) is 47.0 Å². The van der Waals surface area contributed by atoms with Crippen molar-refractivity contribution in [2.75, 3.05) is 30.0 Å². The standard InChI is InChI=1S/C16H16N6O4S/c1-22(2)16-19-11(18-15(17)21-16)8-26-14(24)10-5-6-12(27-10)20-13(23)9-4-3-7-25-9/h3-7H,8H2,1-2H3,(H,20,23)(H2,17,18,19,21). The summed E-state index contributed by atoms with van der Waals surface area (Å²) in [6.45, 7) is -0.154. The van der Waals surface area contributed by atoms with Crippen LogP contribution in [0.1, 0.15) is 26.1 Å². The molecule has 3 aromatic rings. The average Bonchev–Trinajstić information content (AvgIpc) is 3.31. The number of carbonyl (C=O) groups is 2. The van der Waals surface area contributed by atoms with Gasteiger partial charge < -0.3 is 25.1 Å². The number of anilines is 3. The van der Waals surface area contributed by atoms with E-state index >= 15 is 0 Å². The van der Waals surface area contributed by atoms with Gasteiger partial charge in [0, 0.05) is 14.1 Å². The Balaban J connectivity index is 1.61. The number of nitrogens with two attached hydrogens (primary N) is 1. The highest BCUT2D eigenvalue weighted by atomic mass is 32.1. The van der Waals surface area contributed by atoms with Crippen LogP contribution >= 0.6 is 11.3 Å². The van der Waals surface area contributed by atoms with Crippen molar-refractivity contribution in [3.8, 4) is 0 Å². The molecule has 0 saturated carbocycles. The molecule has 3 heterocycles. The van der Waals surface area contributed by atoms with Crippen LogP contribution in [0.5, 0.6) is 0 Å². The maximum atomic E-state index is 12.2. The van der Waals surface area contributed by atoms with E-state index in [2.05, 4.69) is 20.3 Å². The van der Waals surface area contributed by atoms with Gasteiger partial charge >= 0.3 is 5.97 Å². The van der Waals surface area contributed by atoms with Crippen LogP contribution in [0.15, 0.2) is 34.9 Å². The number of nitrogens with one attached hydrogen (secondary N) is 1. The normalized spacial score (nSPS) is 10.4. The van der Waals surface area contributed by atoms with Crippen molar-refractivity contribution >= 4 is 40.1 Å². The summed E-state index contributed by atoms with van der Waals surface area (Å²) in [6.07, 6.45) is 1.40. The van der Waals surface area contributed by atoms with Gasteiger partial charge in [-0.15, -0.1) is 11.3 Å². The van der Waals surface area contributed by atoms with E-state index in [1.54, 1.807) is 43.3 Å². The number of esters is 1. The lowest BCUT2D eigenvalue weighted by Crippen LogP contribution is -2.17. The molecular formula is C16H16N6O4S. The Kier molecular flexibility index (Phi) is 5.31. The fourth-order valence-corrected chi connectivity index (χ4v) is 2.78. The van der Waals surface area contributed by atoms with Gasteiger partial charge in [-0.1, -0.05) is 0 Å². The number of nitrogen functional groups attached to an aromatic ring is 1. The third-order valence-corrected chi connectivity index (χ3v) is 4.19. The smallest absolute Gasteiger partial charge is 0.348 e. The zero-order valence-electron chi connectivity index (χ0n) is 14.5. The molecule has 10 nitrogen and oxygen atoms in total. The molecule has 1 amide bonds. The summed E-state index contributed by atoms with van der Waals surface area (Å²) in [4.78, 5) is 38.2. The topological polar surface area (TPSA) is 136 Å². The van der Waals surface area contributed by atoms with E-state index < -0.39 is 11.9 Å². The molecule has 0 bridgehead atoms. The van der Waals surface area contributed by atoms with Crippen LogP contribution in [0, 0.1) is 0 Å². The maximum absolute atomic E-state index is 12.2. The summed E-state index contributed by atoms with van der Waals surface area (Å²) >= 11 is 1.08. The predicted octanol–water partition coefficient (Wildman–Crippen LogP) is 1.78. The second-order valence-electron chi connectivity index (χ2n) is 5.48. The van der Waals surface area contributed by atoms with E-state index in [-0.39, 0.29) is 24.1 Å². The zero-order chi connectivity index (χ0) is 19.4. The fraction of sp³-hybridized carbons (Fsp3) is 0.188. The van der Waals surface area contributed by atoms with Crippen LogP contribution in [0.2, 0.25) is 0 Å². The van der Waals surface area contributed by atoms with E-state index in [0.29, 0.717) is 15.8 Å². The lowest BCUT2D eigenvalue weighted by Gasteiger charge is -2.11. The molecule has 0 aliphatic rings. The minimum Gasteiger partial charge on any atom is -0.459 e. The first-order chi connectivity index (χ1) is 12.9. The number of ether oxygens (including phenoxy) is 1. The Bertz CT molecular complexity index is 954. The fourth-order valence-electron chi connectivity index (χ4n) is 1.99. The molecule has 0 aromatic carbocycles. The summed E-state index contributed by atoms with van der Waals surface area (Å²) in [7, 11) is 3.52. The molecule has 0 atom stereocenters. The molecule has 0 saturated heterocycles. The summed E-state index contributed by atoms with van der Waals surface area (Å²) in [6, 6.07) is 6.31. The molecule has 0 aliphatic carbocycles. The molecule has 3 N–H and O–H groups in total. The molecule has 3 rings (SSSR count). The van der Waals surface area contributed by atoms with E-state index in [1.807, 2.05) is 0 Å². The Hall–Kier alpha value is -3.47. The van der Waals surface area contributed by atoms with Gasteiger partial charge in [0.05, 0.1) is 11.3 Å². The number of furan rings is 1. The quantitative estimate of drug-likeness (QED) is 0.605. The Morgan fingerprint density at radius 1 is 1.26 bits per heavy atom. The van der Waals surface area contributed by atoms with Crippen molar-refractivity contribution in [1.82, 2.24) is 15.0 Å². The minimum atomic E-state index is -0.566. The molecule has 0 spiro atoms. The van der Waals surface area contributed by atoms with Crippen LogP contribution in [0.3, 0.4) is 0 Å². The van der Waals surface area contributed by atoms with Gasteiger partial charge in [-0.2, -0.15) is 15.0 Å². The number of amides is 1. The van der Waals surface area contributed by atoms with Crippen molar-refractivity contribution in [1.29, 1.82) is 0 Å². The van der Waals surface area contributed by atoms with Crippen molar-refractivity contribution in [3.63, 3.8) is 0 Å². The number of hydrogen-bond donors (Lipinski definition) is 2. The summed E-state index contributed by atoms with van der Waals surface area (Å²) in [5.41, 5.74) is 5.63. The van der Waals surface area contributed by atoms with Crippen molar-refractivity contribution in [2.45, 2.75) is 6.61 Å². The van der Waals surface area contributed by atoms with Crippen molar-refractivity contribution < 1.29 is 18.7 Å². The number of nitrogens with zero attached hydrogens (tertiary/aromatic N) is 4. The highest BCUT2D eigenvalue weighted by Crippen LogP contribution is 2.23. The van der Waals surface area contributed by atoms with E-state index in [1.165, 1.54) is 6.26 Å². The van der Waals surface area contributed by atoms with Crippen LogP contribution in [-0.4, -0.2) is 40.9 Å². The largest absolute Gasteiger partial charge is 0.459 e. The molecule has 3 aromatic heterocycles. The van der Waals surface area contributed by atoms with Gasteiger partial charge in [0.1, 0.15) is 4.88 Å². The Morgan fingerprint density at radius 2 is 2.07 bits per heavy atom. The molecule has 11 heteroatoms. The average molecular weight is 388 g/mol. The molecule has 27 heavy (non-hydrogen) atoms. The lowest BCUT2D eigenvalue weighted by molar-refractivity contribution is 0.0468. The summed E-state index contributed by atoms with van der Waals surface area (Å²) in [5, 5.41) is 3.13. The number of hydrogen-bond acceptors (Lipinski definition) is 10. The van der Waals surface area contributed by atoms with E-state index in [9.17, 15) is 9.59 Å². The Labute approximate surface area is 158 Å². The maximum Gasteiger partial charge on any atom is 0.348 e. The molecule has 140 valence electrons. The number of thiophene rings is 1. The number of aromatic nitrogens is 3. The third kappa shape index (κ3) is 4.58. The highest BCUT2D eigenvalue weighted by Gasteiger charge is 2.15. The van der Waals surface area contributed by atoms with Crippen LogP contribution in [0.4, 0.5) is 16.9 Å². The molecule has 0 unspecified atom stereocenters. The first-order valence-electron chi connectivity index (χ1n) is 7.72. The monoisotopic (exact) mass is 388 g/mol. The predicted molar refractivity (Wildman–Crippen MR) is 98.7 cm³/mol. The van der Waals surface area contributed by atoms with Gasteiger partial charge in [-0.05, 0) is 24.3 Å². The van der Waals surface area contributed by atoms with Crippen LogP contribution in [0.25, 0.3) is 0 Å². The van der Waals surface area contributed by atoms with E-state index in [0.717, 1.165) is 11.3 Å². The second kappa shape index (κ2) is 7.83. The Morgan fingerprint density at radius 3 is 2.78 bits per heavy atom. The SMILES string of the molecule is CN(C)c1nc(N)nc(COC(=O)c2ccc(NC(=O)c3ccco3)s2)n1. The van der Waals surface area contributed by atoms with Crippen LogP contribution < -0.4 is 16.0 Å². The lowest BCUT2D eigenvalue weighted by atomic mass is 10.4. The summed E-state index contributed by atoms with van der Waals surface area (Å²) < 4.78 is 10.2. The zero-order valence-corrected chi connectivity index (χ0v) is 15.3. The highest BCUT2D eigenvalue weighted by molar-refractivity contribution is 7.18. The van der Waals surface area contributed by atoms with Gasteiger partial charge in [0.2, 0.25) is 11.9 Å². The van der Waals surface area contributed by atoms with Gasteiger partial charge in [0.25, 0.3) is 5.91 Å². The second-order valence-corrected chi connectivity index (χ2v) is 6.56. The van der Waals surface area contributed by atoms with E-state index in [4.69, 9.17) is 14.9 Å². The van der Waals surface area contributed by atoms with Gasteiger partial charge in [0.15, 0.2) is 18.2 Å². The van der Waals surface area contributed by atoms with Gasteiger partial charge in [-0.3, -0.25) is 4.79 Å². The van der Waals surface area contributed by atoms with Crippen molar-refractivity contribution in [2.24, 2.45) is 0 Å².